The number of anilines is 1. The third kappa shape index (κ3) is 3.34. The van der Waals surface area contributed by atoms with Crippen LogP contribution in [0.5, 0.6) is 5.75 Å². The van der Waals surface area contributed by atoms with Crippen molar-refractivity contribution < 1.29 is 4.74 Å². The smallest absolute Gasteiger partial charge is 0.141 e. The summed E-state index contributed by atoms with van der Waals surface area (Å²) in [6, 6.07) is 7.68. The molecule has 1 saturated carbocycles. The van der Waals surface area contributed by atoms with Crippen LogP contribution in [0.15, 0.2) is 18.2 Å². The Morgan fingerprint density at radius 3 is 2.76 bits per heavy atom. The molecule has 0 bridgehead atoms. The Bertz CT molecular complexity index is 468. The zero-order valence-electron chi connectivity index (χ0n) is 13.3. The molecule has 1 aromatic rings. The minimum Gasteiger partial charge on any atom is -0.495 e. The molecule has 0 radical (unpaired) electrons. The minimum atomic E-state index is 0.574. The molecule has 1 saturated heterocycles. The average molecular weight is 288 g/mol. The van der Waals surface area contributed by atoms with Crippen LogP contribution in [0.3, 0.4) is 0 Å². The molecular weight excluding hydrogens is 260 g/mol. The van der Waals surface area contributed by atoms with Gasteiger partial charge in [0.15, 0.2) is 0 Å². The van der Waals surface area contributed by atoms with Crippen LogP contribution in [-0.2, 0) is 0 Å². The Morgan fingerprint density at radius 2 is 2.00 bits per heavy atom. The molecule has 0 aromatic heterocycles. The van der Waals surface area contributed by atoms with E-state index >= 15 is 0 Å². The topological polar surface area (TPSA) is 33.3 Å². The average Bonchev–Trinajstić information content (AvgIpc) is 3.02. The third-order valence-electron chi connectivity index (χ3n) is 5.13. The summed E-state index contributed by atoms with van der Waals surface area (Å²) >= 11 is 0. The van der Waals surface area contributed by atoms with E-state index in [2.05, 4.69) is 35.8 Å². The summed E-state index contributed by atoms with van der Waals surface area (Å²) in [5, 5.41) is 7.51. The van der Waals surface area contributed by atoms with Gasteiger partial charge in [0.2, 0.25) is 0 Å². The fourth-order valence-corrected chi connectivity index (χ4v) is 4.03. The molecule has 1 aliphatic heterocycles. The summed E-state index contributed by atoms with van der Waals surface area (Å²) in [5.41, 5.74) is 2.44. The van der Waals surface area contributed by atoms with Gasteiger partial charge in [-0.05, 0) is 62.8 Å². The van der Waals surface area contributed by atoms with E-state index in [9.17, 15) is 0 Å². The van der Waals surface area contributed by atoms with Crippen LogP contribution in [0.1, 0.15) is 44.1 Å². The van der Waals surface area contributed by atoms with Crippen molar-refractivity contribution in [3.05, 3.63) is 23.8 Å². The molecule has 3 atom stereocenters. The van der Waals surface area contributed by atoms with Crippen molar-refractivity contribution in [3.63, 3.8) is 0 Å². The summed E-state index contributed by atoms with van der Waals surface area (Å²) in [7, 11) is 1.76. The lowest BCUT2D eigenvalue weighted by Gasteiger charge is -2.37. The third-order valence-corrected chi connectivity index (χ3v) is 5.13. The van der Waals surface area contributed by atoms with Crippen LogP contribution in [-0.4, -0.2) is 25.7 Å². The van der Waals surface area contributed by atoms with Gasteiger partial charge in [0.1, 0.15) is 5.75 Å². The molecule has 2 fully saturated rings. The zero-order chi connectivity index (χ0) is 14.7. The highest BCUT2D eigenvalue weighted by molar-refractivity contribution is 5.58. The first kappa shape index (κ1) is 14.7. The van der Waals surface area contributed by atoms with Crippen molar-refractivity contribution in [2.45, 2.75) is 57.5 Å². The van der Waals surface area contributed by atoms with E-state index in [0.29, 0.717) is 12.1 Å². The van der Waals surface area contributed by atoms with E-state index in [1.165, 1.54) is 50.6 Å². The maximum absolute atomic E-state index is 5.52. The SMILES string of the molecule is COc1ccc(C)cc1NC1CCCCC1C1CCCN1. The van der Waals surface area contributed by atoms with Gasteiger partial charge in [-0.25, -0.2) is 0 Å². The molecule has 0 spiro atoms. The first-order valence-corrected chi connectivity index (χ1v) is 8.42. The van der Waals surface area contributed by atoms with Gasteiger partial charge in [0.25, 0.3) is 0 Å². The second kappa shape index (κ2) is 6.69. The van der Waals surface area contributed by atoms with Crippen LogP contribution < -0.4 is 15.4 Å². The largest absolute Gasteiger partial charge is 0.495 e. The summed E-state index contributed by atoms with van der Waals surface area (Å²) in [6.45, 7) is 3.34. The molecule has 0 amide bonds. The molecule has 116 valence electrons. The molecule has 3 rings (SSSR count). The van der Waals surface area contributed by atoms with E-state index < -0.39 is 0 Å². The van der Waals surface area contributed by atoms with Crippen LogP contribution in [0.25, 0.3) is 0 Å². The zero-order valence-corrected chi connectivity index (χ0v) is 13.3. The second-order valence-corrected chi connectivity index (χ2v) is 6.61. The molecular formula is C18H28N2O. The predicted molar refractivity (Wildman–Crippen MR) is 88.1 cm³/mol. The van der Waals surface area contributed by atoms with E-state index in [0.717, 1.165) is 17.4 Å². The van der Waals surface area contributed by atoms with Crippen molar-refractivity contribution in [1.82, 2.24) is 5.32 Å². The predicted octanol–water partition coefficient (Wildman–Crippen LogP) is 3.73. The lowest BCUT2D eigenvalue weighted by molar-refractivity contribution is 0.262. The molecule has 1 aromatic carbocycles. The molecule has 2 N–H and O–H groups in total. The number of hydrogen-bond acceptors (Lipinski definition) is 3. The van der Waals surface area contributed by atoms with Crippen LogP contribution >= 0.6 is 0 Å². The molecule has 3 heteroatoms. The number of hydrogen-bond donors (Lipinski definition) is 2. The van der Waals surface area contributed by atoms with E-state index in [4.69, 9.17) is 4.74 Å². The van der Waals surface area contributed by atoms with Gasteiger partial charge in [-0.1, -0.05) is 18.9 Å². The van der Waals surface area contributed by atoms with Gasteiger partial charge in [-0.3, -0.25) is 0 Å². The number of benzene rings is 1. The second-order valence-electron chi connectivity index (χ2n) is 6.61. The fourth-order valence-electron chi connectivity index (χ4n) is 4.03. The Kier molecular flexibility index (Phi) is 4.69. The first-order valence-electron chi connectivity index (χ1n) is 8.42. The Labute approximate surface area is 128 Å². The number of aryl methyl sites for hydroxylation is 1. The molecule has 3 unspecified atom stereocenters. The fraction of sp³-hybridized carbons (Fsp3) is 0.667. The van der Waals surface area contributed by atoms with Gasteiger partial charge in [0, 0.05) is 12.1 Å². The Hall–Kier alpha value is -1.22. The Morgan fingerprint density at radius 1 is 1.14 bits per heavy atom. The van der Waals surface area contributed by atoms with Crippen molar-refractivity contribution in [2.75, 3.05) is 19.0 Å². The molecule has 1 aliphatic carbocycles. The summed E-state index contributed by atoms with van der Waals surface area (Å²) in [4.78, 5) is 0. The minimum absolute atomic E-state index is 0.574. The summed E-state index contributed by atoms with van der Waals surface area (Å²) in [5.74, 6) is 1.72. The van der Waals surface area contributed by atoms with E-state index in [-0.39, 0.29) is 0 Å². The highest BCUT2D eigenvalue weighted by atomic mass is 16.5. The van der Waals surface area contributed by atoms with Gasteiger partial charge in [-0.2, -0.15) is 0 Å². The molecule has 1 heterocycles. The molecule has 3 nitrogen and oxygen atoms in total. The quantitative estimate of drug-likeness (QED) is 0.886. The standard InChI is InChI=1S/C18H28N2O/c1-13-9-10-18(21-2)17(12-13)20-16-7-4-3-6-14(16)15-8-5-11-19-15/h9-10,12,14-16,19-20H,3-8,11H2,1-2H3. The van der Waals surface area contributed by atoms with Crippen LogP contribution in [0, 0.1) is 12.8 Å². The normalized spacial score (nSPS) is 29.3. The van der Waals surface area contributed by atoms with Crippen molar-refractivity contribution in [2.24, 2.45) is 5.92 Å². The van der Waals surface area contributed by atoms with Gasteiger partial charge >= 0.3 is 0 Å². The van der Waals surface area contributed by atoms with Gasteiger partial charge in [0.05, 0.1) is 12.8 Å². The lowest BCUT2D eigenvalue weighted by atomic mass is 9.79. The number of rotatable bonds is 4. The number of methoxy groups -OCH3 is 1. The summed E-state index contributed by atoms with van der Waals surface area (Å²) < 4.78 is 5.52. The lowest BCUT2D eigenvalue weighted by Crippen LogP contribution is -2.43. The van der Waals surface area contributed by atoms with Crippen LogP contribution in [0.2, 0.25) is 0 Å². The molecule has 21 heavy (non-hydrogen) atoms. The van der Waals surface area contributed by atoms with Gasteiger partial charge in [-0.15, -0.1) is 0 Å². The molecule has 2 aliphatic rings. The van der Waals surface area contributed by atoms with Gasteiger partial charge < -0.3 is 15.4 Å². The Balaban J connectivity index is 1.76. The van der Waals surface area contributed by atoms with Crippen LogP contribution in [0.4, 0.5) is 5.69 Å². The van der Waals surface area contributed by atoms with E-state index in [1.54, 1.807) is 7.11 Å². The first-order chi connectivity index (χ1) is 10.3. The van der Waals surface area contributed by atoms with Crippen molar-refractivity contribution in [3.8, 4) is 5.75 Å². The number of ether oxygens (including phenoxy) is 1. The van der Waals surface area contributed by atoms with Crippen molar-refractivity contribution >= 4 is 5.69 Å². The maximum atomic E-state index is 5.52. The monoisotopic (exact) mass is 288 g/mol. The highest BCUT2D eigenvalue weighted by Crippen LogP contribution is 2.35. The van der Waals surface area contributed by atoms with E-state index in [1.807, 2.05) is 0 Å². The maximum Gasteiger partial charge on any atom is 0.141 e. The highest BCUT2D eigenvalue weighted by Gasteiger charge is 2.33. The van der Waals surface area contributed by atoms with Crippen molar-refractivity contribution in [1.29, 1.82) is 0 Å². The number of nitrogens with one attached hydrogen (secondary N) is 2. The summed E-state index contributed by atoms with van der Waals surface area (Å²) in [6.07, 6.45) is 8.03.